The molecule has 2 aromatic heterocycles. The molecule has 488 valence electrons. The Hall–Kier alpha value is -13.4. The summed E-state index contributed by atoms with van der Waals surface area (Å²) in [5, 5.41) is 2.57. The van der Waals surface area contributed by atoms with Crippen LogP contribution < -0.4 is 0 Å². The first-order valence-electron chi connectivity index (χ1n) is 35.5. The number of benzene rings is 15. The number of fused-ring (bicyclic) bond motifs is 8. The maximum atomic E-state index is 5.31. The number of nitrogens with zero attached hydrogens (tertiary/aromatic N) is 6. The van der Waals surface area contributed by atoms with Crippen LogP contribution in [0.25, 0.3) is 157 Å². The average Bonchev–Trinajstić information content (AvgIpc) is 1.54. The number of aromatic nitrogens is 6. The highest BCUT2D eigenvalue weighted by Crippen LogP contribution is 2.57. The molecule has 0 spiro atoms. The van der Waals surface area contributed by atoms with Gasteiger partial charge in [-0.15, -0.1) is 0 Å². The van der Waals surface area contributed by atoms with Gasteiger partial charge in [0.1, 0.15) is 0 Å². The molecule has 0 radical (unpaired) electrons. The van der Waals surface area contributed by atoms with Crippen molar-refractivity contribution < 1.29 is 0 Å². The Morgan fingerprint density at radius 3 is 0.933 bits per heavy atom. The van der Waals surface area contributed by atoms with Gasteiger partial charge in [0.05, 0.1) is 5.41 Å². The average molecular weight is 1330 g/mol. The van der Waals surface area contributed by atoms with Crippen molar-refractivity contribution in [1.29, 1.82) is 0 Å². The molecule has 2 aliphatic rings. The maximum absolute atomic E-state index is 5.31. The first-order chi connectivity index (χ1) is 51.2. The molecule has 0 fully saturated rings. The third-order valence-corrected chi connectivity index (χ3v) is 21.2. The van der Waals surface area contributed by atoms with Gasteiger partial charge in [-0.3, -0.25) is 0 Å². The van der Waals surface area contributed by atoms with Crippen LogP contribution >= 0.6 is 0 Å². The second kappa shape index (κ2) is 25.3. The zero-order valence-electron chi connectivity index (χ0n) is 57.3. The van der Waals surface area contributed by atoms with Crippen LogP contribution in [0.4, 0.5) is 0 Å². The minimum Gasteiger partial charge on any atom is -0.208 e. The molecule has 2 heterocycles. The van der Waals surface area contributed by atoms with Gasteiger partial charge in [-0.2, -0.15) is 0 Å². The van der Waals surface area contributed by atoms with Crippen molar-refractivity contribution in [3.63, 3.8) is 0 Å². The summed E-state index contributed by atoms with van der Waals surface area (Å²) in [7, 11) is 0. The van der Waals surface area contributed by atoms with Gasteiger partial charge in [-0.05, 0) is 171 Å². The normalized spacial score (nSPS) is 12.9. The third-order valence-electron chi connectivity index (χ3n) is 21.2. The molecule has 0 atom stereocenters. The van der Waals surface area contributed by atoms with Crippen molar-refractivity contribution in [3.8, 4) is 146 Å². The van der Waals surface area contributed by atoms with Crippen LogP contribution in [0.3, 0.4) is 0 Å². The number of hydrogen-bond acceptors (Lipinski definition) is 6. The fraction of sp³-hybridized carbons (Fsp3) is 0.0408. The summed E-state index contributed by atoms with van der Waals surface area (Å²) < 4.78 is 0. The van der Waals surface area contributed by atoms with E-state index >= 15 is 0 Å². The molecule has 0 bridgehead atoms. The van der Waals surface area contributed by atoms with Gasteiger partial charge in [0, 0.05) is 38.8 Å². The van der Waals surface area contributed by atoms with Crippen LogP contribution in [0, 0.1) is 0 Å². The molecular weight excluding hydrogens is 1260 g/mol. The predicted octanol–water partition coefficient (Wildman–Crippen LogP) is 24.2. The molecule has 15 aromatic carbocycles. The van der Waals surface area contributed by atoms with Gasteiger partial charge in [0.25, 0.3) is 0 Å². The Bertz CT molecular complexity index is 6160. The van der Waals surface area contributed by atoms with E-state index in [1.165, 1.54) is 72.0 Å². The molecular formula is C98H66N6. The molecule has 19 rings (SSSR count). The molecule has 0 unspecified atom stereocenters. The Morgan fingerprint density at radius 1 is 0.192 bits per heavy atom. The lowest BCUT2D eigenvalue weighted by atomic mass is 9.67. The molecule has 6 heteroatoms. The fourth-order valence-corrected chi connectivity index (χ4v) is 16.1. The van der Waals surface area contributed by atoms with E-state index in [0.717, 1.165) is 83.5 Å². The Kier molecular flexibility index (Phi) is 15.0. The topological polar surface area (TPSA) is 77.3 Å². The highest BCUT2D eigenvalue weighted by atomic mass is 15.0. The monoisotopic (exact) mass is 1330 g/mol. The molecule has 0 amide bonds. The Labute approximate surface area is 605 Å². The second-order valence-electron chi connectivity index (χ2n) is 27.7. The summed E-state index contributed by atoms with van der Waals surface area (Å²) >= 11 is 0. The van der Waals surface area contributed by atoms with Gasteiger partial charge in [0.15, 0.2) is 34.9 Å². The minimum absolute atomic E-state index is 0.141. The summed E-state index contributed by atoms with van der Waals surface area (Å²) in [6, 6.07) is 130. The Balaban J connectivity index is 0.638. The standard InChI is InChI=1S/C98H66N6/c1-97(2)87-54-51-63-25-15-16-46-82(63)90(87)85-53-50-74(61-88(85)97)68-32-19-30-66(55-68)70-34-21-38-76(57-70)93-99-91(64-26-7-3-8-27-64)101-95(103-93)78-40-23-36-72(59-78)73-37-24-41-79(60-73)96-102-92(65-28-9-4-10-29-65)100-94(104-96)77-39-22-35-71(58-77)67-31-20-33-69(56-67)75-49-52-84-83-47-17-18-48-86(83)98(89(84)62-75,80-42-11-5-12-43-80)81-44-13-6-14-45-81/h3-62H,1-2H3. The lowest BCUT2D eigenvalue weighted by molar-refractivity contribution is 0.661. The summed E-state index contributed by atoms with van der Waals surface area (Å²) in [6.45, 7) is 4.71. The van der Waals surface area contributed by atoms with E-state index in [1.807, 2.05) is 36.4 Å². The smallest absolute Gasteiger partial charge is 0.164 e. The molecule has 104 heavy (non-hydrogen) atoms. The molecule has 0 saturated heterocycles. The third kappa shape index (κ3) is 10.7. The van der Waals surface area contributed by atoms with Crippen LogP contribution in [0.1, 0.15) is 47.2 Å². The van der Waals surface area contributed by atoms with Gasteiger partial charge >= 0.3 is 0 Å². The number of hydrogen-bond donors (Lipinski definition) is 0. The largest absolute Gasteiger partial charge is 0.208 e. The molecule has 2 aliphatic carbocycles. The van der Waals surface area contributed by atoms with Gasteiger partial charge in [0.2, 0.25) is 0 Å². The predicted molar refractivity (Wildman–Crippen MR) is 425 cm³/mol. The zero-order chi connectivity index (χ0) is 69.3. The summed E-state index contributed by atoms with van der Waals surface area (Å²) in [6.07, 6.45) is 0. The fourth-order valence-electron chi connectivity index (χ4n) is 16.1. The molecule has 0 aliphatic heterocycles. The van der Waals surface area contributed by atoms with E-state index in [1.54, 1.807) is 0 Å². The highest BCUT2D eigenvalue weighted by molar-refractivity contribution is 6.03. The summed E-state index contributed by atoms with van der Waals surface area (Å²) in [5.74, 6) is 3.48. The van der Waals surface area contributed by atoms with Crippen LogP contribution in [0.5, 0.6) is 0 Å². The summed E-state index contributed by atoms with van der Waals surface area (Å²) in [5.41, 5.74) is 28.6. The van der Waals surface area contributed by atoms with E-state index in [0.29, 0.717) is 34.9 Å². The van der Waals surface area contributed by atoms with Crippen LogP contribution in [-0.2, 0) is 10.8 Å². The molecule has 6 nitrogen and oxygen atoms in total. The van der Waals surface area contributed by atoms with Crippen molar-refractivity contribution in [3.05, 3.63) is 397 Å². The van der Waals surface area contributed by atoms with Crippen LogP contribution in [-0.4, -0.2) is 29.9 Å². The SMILES string of the molecule is CC1(C)c2cc(-c3cccc(-c4cccc(-c5nc(-c6ccccc6)nc(-c6cccc(-c7cccc(-c8nc(-c9ccccc9)nc(-c9cccc(-c%10cccc(-c%11ccc%12c(c%11)C(c%11ccccc%11)(c%11ccccc%11)c%11ccccc%11-%12)c%10)c9)n8)c7)c6)n5)c4)c3)ccc2-c2c1ccc1ccccc21. The van der Waals surface area contributed by atoms with E-state index in [9.17, 15) is 0 Å². The van der Waals surface area contributed by atoms with E-state index in [-0.39, 0.29) is 5.41 Å². The van der Waals surface area contributed by atoms with Crippen molar-refractivity contribution in [2.75, 3.05) is 0 Å². The maximum Gasteiger partial charge on any atom is 0.164 e. The first-order valence-corrected chi connectivity index (χ1v) is 35.5. The quantitative estimate of drug-likeness (QED) is 0.114. The lowest BCUT2D eigenvalue weighted by Gasteiger charge is -2.34. The summed E-state index contributed by atoms with van der Waals surface area (Å²) in [4.78, 5) is 31.4. The van der Waals surface area contributed by atoms with Crippen molar-refractivity contribution in [1.82, 2.24) is 29.9 Å². The Morgan fingerprint density at radius 2 is 0.500 bits per heavy atom. The molecule has 17 aromatic rings. The molecule has 0 saturated carbocycles. The highest BCUT2D eigenvalue weighted by Gasteiger charge is 2.46. The molecule has 0 N–H and O–H groups in total. The number of rotatable bonds is 13. The second-order valence-corrected chi connectivity index (χ2v) is 27.7. The first kappa shape index (κ1) is 61.7. The van der Waals surface area contributed by atoms with Gasteiger partial charge in [-0.1, -0.05) is 329 Å². The van der Waals surface area contributed by atoms with E-state index in [4.69, 9.17) is 29.9 Å². The van der Waals surface area contributed by atoms with Crippen LogP contribution in [0.2, 0.25) is 0 Å². The zero-order valence-corrected chi connectivity index (χ0v) is 57.3. The van der Waals surface area contributed by atoms with Crippen molar-refractivity contribution in [2.24, 2.45) is 0 Å². The van der Waals surface area contributed by atoms with E-state index in [2.05, 4.69) is 341 Å². The van der Waals surface area contributed by atoms with Crippen molar-refractivity contribution >= 4 is 10.8 Å². The lowest BCUT2D eigenvalue weighted by Crippen LogP contribution is -2.28. The van der Waals surface area contributed by atoms with Gasteiger partial charge < -0.3 is 0 Å². The van der Waals surface area contributed by atoms with Crippen molar-refractivity contribution in [2.45, 2.75) is 24.7 Å². The van der Waals surface area contributed by atoms with Crippen LogP contribution in [0.15, 0.2) is 364 Å². The minimum atomic E-state index is -0.499. The van der Waals surface area contributed by atoms with Gasteiger partial charge in [-0.25, -0.2) is 29.9 Å². The van der Waals surface area contributed by atoms with E-state index < -0.39 is 5.41 Å².